The first-order valence-electron chi connectivity index (χ1n) is 7.07. The number of sulfonamides is 1. The lowest BCUT2D eigenvalue weighted by Crippen LogP contribution is -2.27. The van der Waals surface area contributed by atoms with Crippen molar-refractivity contribution < 1.29 is 17.9 Å². The summed E-state index contributed by atoms with van der Waals surface area (Å²) in [5.74, 6) is -0.644. The van der Waals surface area contributed by atoms with Gasteiger partial charge in [0, 0.05) is 6.54 Å². The first kappa shape index (κ1) is 17.7. The maximum absolute atomic E-state index is 12.4. The molecular weight excluding hydrogens is 334 g/mol. The van der Waals surface area contributed by atoms with Gasteiger partial charge in [-0.2, -0.15) is 0 Å². The Hall–Kier alpha value is -1.70. The fraction of sp³-hybridized carbons (Fsp3) is 0.312. The summed E-state index contributed by atoms with van der Waals surface area (Å²) in [6, 6.07) is 7.49. The third-order valence-electron chi connectivity index (χ3n) is 3.47. The number of hydrogen-bond acceptors (Lipinski definition) is 5. The number of carbonyl (C=O) groups is 1. The van der Waals surface area contributed by atoms with Crippen LogP contribution in [0.15, 0.2) is 34.5 Å². The van der Waals surface area contributed by atoms with Gasteiger partial charge < -0.3 is 4.74 Å². The van der Waals surface area contributed by atoms with Crippen molar-refractivity contribution in [3.63, 3.8) is 0 Å². The van der Waals surface area contributed by atoms with Crippen LogP contribution in [0.25, 0.3) is 0 Å². The van der Waals surface area contributed by atoms with E-state index in [0.29, 0.717) is 6.42 Å². The normalized spacial score (nSPS) is 11.4. The molecule has 0 aliphatic rings. The Morgan fingerprint density at radius 1 is 1.26 bits per heavy atom. The molecule has 0 bridgehead atoms. The van der Waals surface area contributed by atoms with Crippen molar-refractivity contribution in [3.8, 4) is 0 Å². The summed E-state index contributed by atoms with van der Waals surface area (Å²) >= 11 is 1.05. The molecule has 0 fully saturated rings. The van der Waals surface area contributed by atoms with Crippen LogP contribution in [0.1, 0.15) is 26.4 Å². The molecule has 0 spiro atoms. The predicted octanol–water partition coefficient (Wildman–Crippen LogP) is 2.67. The fourth-order valence-electron chi connectivity index (χ4n) is 2.27. The van der Waals surface area contributed by atoms with Gasteiger partial charge in [0.05, 0.1) is 7.11 Å². The molecule has 0 amide bonds. The topological polar surface area (TPSA) is 72.5 Å². The van der Waals surface area contributed by atoms with Crippen LogP contribution in [-0.2, 0) is 21.2 Å². The van der Waals surface area contributed by atoms with Crippen LogP contribution in [0.3, 0.4) is 0 Å². The highest BCUT2D eigenvalue weighted by Crippen LogP contribution is 2.22. The summed E-state index contributed by atoms with van der Waals surface area (Å²) < 4.78 is 31.9. The molecule has 5 nitrogen and oxygen atoms in total. The van der Waals surface area contributed by atoms with Crippen molar-refractivity contribution in [2.45, 2.75) is 25.2 Å². The smallest absolute Gasteiger partial charge is 0.349 e. The van der Waals surface area contributed by atoms with Crippen molar-refractivity contribution in [1.82, 2.24) is 4.72 Å². The highest BCUT2D eigenvalue weighted by molar-refractivity contribution is 7.89. The molecule has 0 radical (unpaired) electrons. The zero-order valence-corrected chi connectivity index (χ0v) is 14.9. The van der Waals surface area contributed by atoms with Gasteiger partial charge in [-0.3, -0.25) is 0 Å². The minimum atomic E-state index is -3.73. The lowest BCUT2D eigenvalue weighted by molar-refractivity contribution is 0.0602. The molecule has 23 heavy (non-hydrogen) atoms. The van der Waals surface area contributed by atoms with Gasteiger partial charge in [0.15, 0.2) is 0 Å². The molecule has 0 aliphatic heterocycles. The number of nitrogens with one attached hydrogen (secondary N) is 1. The fourth-order valence-corrected chi connectivity index (χ4v) is 4.64. The minimum absolute atomic E-state index is 0.0324. The molecule has 1 heterocycles. The van der Waals surface area contributed by atoms with Crippen LogP contribution in [0.4, 0.5) is 0 Å². The second-order valence-corrected chi connectivity index (χ2v) is 7.83. The van der Waals surface area contributed by atoms with E-state index in [2.05, 4.69) is 15.5 Å². The molecule has 1 aromatic heterocycles. The number of thiophene rings is 1. The lowest BCUT2D eigenvalue weighted by atomic mass is 10.0. The molecule has 0 saturated heterocycles. The number of rotatable bonds is 6. The molecule has 0 saturated carbocycles. The Balaban J connectivity index is 2.08. The van der Waals surface area contributed by atoms with E-state index in [1.165, 1.54) is 18.7 Å². The van der Waals surface area contributed by atoms with E-state index < -0.39 is 16.0 Å². The Kier molecular flexibility index (Phi) is 5.56. The second-order valence-electron chi connectivity index (χ2n) is 5.18. The van der Waals surface area contributed by atoms with Crippen LogP contribution < -0.4 is 4.72 Å². The van der Waals surface area contributed by atoms with Crippen molar-refractivity contribution in [3.05, 3.63) is 51.2 Å². The highest BCUT2D eigenvalue weighted by atomic mass is 32.2. The second kappa shape index (κ2) is 7.25. The van der Waals surface area contributed by atoms with Gasteiger partial charge in [-0.25, -0.2) is 17.9 Å². The number of hydrogen-bond donors (Lipinski definition) is 1. The zero-order chi connectivity index (χ0) is 17.0. The maximum Gasteiger partial charge on any atom is 0.349 e. The van der Waals surface area contributed by atoms with E-state index in [1.807, 2.05) is 26.0 Å². The average molecular weight is 353 g/mol. The number of ether oxygens (including phenoxy) is 1. The van der Waals surface area contributed by atoms with Crippen molar-refractivity contribution >= 4 is 27.3 Å². The molecule has 1 aromatic carbocycles. The quantitative estimate of drug-likeness (QED) is 0.811. The SMILES string of the molecule is COC(=O)c1sccc1S(=O)(=O)NCCc1ccc(C)cc1C. The first-order chi connectivity index (χ1) is 10.8. The van der Waals surface area contributed by atoms with Crippen LogP contribution in [0, 0.1) is 13.8 Å². The van der Waals surface area contributed by atoms with Gasteiger partial charge in [0.25, 0.3) is 0 Å². The Labute approximate surface area is 140 Å². The third kappa shape index (κ3) is 4.19. The molecule has 124 valence electrons. The van der Waals surface area contributed by atoms with E-state index in [4.69, 9.17) is 0 Å². The number of methoxy groups -OCH3 is 1. The van der Waals surface area contributed by atoms with Crippen molar-refractivity contribution in [2.24, 2.45) is 0 Å². The number of aryl methyl sites for hydroxylation is 2. The van der Waals surface area contributed by atoms with Crippen LogP contribution in [-0.4, -0.2) is 28.0 Å². The summed E-state index contributed by atoms with van der Waals surface area (Å²) in [7, 11) is -2.51. The zero-order valence-electron chi connectivity index (χ0n) is 13.3. The number of esters is 1. The molecule has 0 aliphatic carbocycles. The molecule has 7 heteroatoms. The van der Waals surface area contributed by atoms with Gasteiger partial charge >= 0.3 is 5.97 Å². The maximum atomic E-state index is 12.4. The standard InChI is InChI=1S/C16H19NO4S2/c1-11-4-5-13(12(2)10-11)6-8-17-23(19,20)14-7-9-22-15(14)16(18)21-3/h4-5,7,9-10,17H,6,8H2,1-3H3. The number of benzene rings is 1. The van der Waals surface area contributed by atoms with Gasteiger partial charge in [0.1, 0.15) is 9.77 Å². The summed E-state index contributed by atoms with van der Waals surface area (Å²) in [6.45, 7) is 4.29. The van der Waals surface area contributed by atoms with Crippen LogP contribution in [0.2, 0.25) is 0 Å². The van der Waals surface area contributed by atoms with E-state index in [1.54, 1.807) is 5.38 Å². The molecule has 0 atom stereocenters. The third-order valence-corrected chi connectivity index (χ3v) is 6.00. The molecule has 0 unspecified atom stereocenters. The van der Waals surface area contributed by atoms with E-state index in [0.717, 1.165) is 22.5 Å². The van der Waals surface area contributed by atoms with Gasteiger partial charge in [0.2, 0.25) is 10.0 Å². The molecule has 2 rings (SSSR count). The van der Waals surface area contributed by atoms with Crippen LogP contribution in [0.5, 0.6) is 0 Å². The van der Waals surface area contributed by atoms with Crippen molar-refractivity contribution in [1.29, 1.82) is 0 Å². The number of carbonyl (C=O) groups excluding carboxylic acids is 1. The monoisotopic (exact) mass is 353 g/mol. The van der Waals surface area contributed by atoms with E-state index >= 15 is 0 Å². The average Bonchev–Trinajstić information content (AvgIpc) is 2.99. The molecule has 2 aromatic rings. The summed E-state index contributed by atoms with van der Waals surface area (Å²) in [5, 5.41) is 1.56. The van der Waals surface area contributed by atoms with E-state index in [9.17, 15) is 13.2 Å². The van der Waals surface area contributed by atoms with E-state index in [-0.39, 0.29) is 16.3 Å². The summed E-state index contributed by atoms with van der Waals surface area (Å²) in [4.78, 5) is 11.7. The van der Waals surface area contributed by atoms with Gasteiger partial charge in [-0.1, -0.05) is 23.8 Å². The van der Waals surface area contributed by atoms with Crippen molar-refractivity contribution in [2.75, 3.05) is 13.7 Å². The Morgan fingerprint density at radius 3 is 2.65 bits per heavy atom. The lowest BCUT2D eigenvalue weighted by Gasteiger charge is -2.09. The predicted molar refractivity (Wildman–Crippen MR) is 90.5 cm³/mol. The largest absolute Gasteiger partial charge is 0.465 e. The molecular formula is C16H19NO4S2. The summed E-state index contributed by atoms with van der Waals surface area (Å²) in [5.41, 5.74) is 3.40. The minimum Gasteiger partial charge on any atom is -0.465 e. The molecule has 1 N–H and O–H groups in total. The Morgan fingerprint density at radius 2 is 2.00 bits per heavy atom. The Bertz CT molecular complexity index is 809. The van der Waals surface area contributed by atoms with Gasteiger partial charge in [-0.05, 0) is 42.8 Å². The summed E-state index contributed by atoms with van der Waals surface area (Å²) in [6.07, 6.45) is 0.586. The van der Waals surface area contributed by atoms with Gasteiger partial charge in [-0.15, -0.1) is 11.3 Å². The first-order valence-corrected chi connectivity index (χ1v) is 9.43. The highest BCUT2D eigenvalue weighted by Gasteiger charge is 2.24. The van der Waals surface area contributed by atoms with Crippen LogP contribution >= 0.6 is 11.3 Å².